The lowest BCUT2D eigenvalue weighted by atomic mass is 9.93. The molecule has 0 bridgehead atoms. The summed E-state index contributed by atoms with van der Waals surface area (Å²) in [5.41, 5.74) is 0. The standard InChI is InChI=1S/C17H33N3O2/c1-14-7-6-12-20(13-14)11-5-4-10-18-17(22)19-15-8-2-3-9-16(15)21/h14-16,21H,2-13H2,1H3,(H2,18,19,22). The zero-order chi connectivity index (χ0) is 15.8. The molecule has 5 nitrogen and oxygen atoms in total. The smallest absolute Gasteiger partial charge is 0.315 e. The van der Waals surface area contributed by atoms with Crippen LogP contribution in [0.2, 0.25) is 0 Å². The number of aliphatic hydroxyl groups excluding tert-OH is 1. The van der Waals surface area contributed by atoms with Crippen LogP contribution in [0.5, 0.6) is 0 Å². The van der Waals surface area contributed by atoms with E-state index in [1.165, 1.54) is 25.9 Å². The molecule has 1 aliphatic heterocycles. The number of nitrogens with zero attached hydrogens (tertiary/aromatic N) is 1. The van der Waals surface area contributed by atoms with E-state index < -0.39 is 0 Å². The average molecular weight is 311 g/mol. The van der Waals surface area contributed by atoms with Crippen LogP contribution in [0.4, 0.5) is 4.79 Å². The first-order chi connectivity index (χ1) is 10.6. The Hall–Kier alpha value is -0.810. The van der Waals surface area contributed by atoms with Crippen molar-refractivity contribution in [2.45, 2.75) is 70.4 Å². The molecule has 3 unspecified atom stereocenters. The Labute approximate surface area is 134 Å². The number of likely N-dealkylation sites (tertiary alicyclic amines) is 1. The van der Waals surface area contributed by atoms with Gasteiger partial charge < -0.3 is 20.6 Å². The topological polar surface area (TPSA) is 64.6 Å². The predicted molar refractivity (Wildman–Crippen MR) is 88.9 cm³/mol. The van der Waals surface area contributed by atoms with Gasteiger partial charge in [-0.2, -0.15) is 0 Å². The Morgan fingerprint density at radius 2 is 2.00 bits per heavy atom. The molecule has 1 saturated heterocycles. The molecule has 5 heteroatoms. The molecule has 2 aliphatic rings. The Balaban J connectivity index is 1.50. The highest BCUT2D eigenvalue weighted by Crippen LogP contribution is 2.18. The number of hydrogen-bond acceptors (Lipinski definition) is 3. The van der Waals surface area contributed by atoms with Gasteiger partial charge in [0.2, 0.25) is 0 Å². The maximum atomic E-state index is 11.8. The highest BCUT2D eigenvalue weighted by Gasteiger charge is 2.24. The molecule has 3 N–H and O–H groups in total. The van der Waals surface area contributed by atoms with E-state index in [1.54, 1.807) is 0 Å². The van der Waals surface area contributed by atoms with Gasteiger partial charge in [0.05, 0.1) is 12.1 Å². The summed E-state index contributed by atoms with van der Waals surface area (Å²) in [5, 5.41) is 15.7. The second kappa shape index (κ2) is 9.36. The van der Waals surface area contributed by atoms with Crippen LogP contribution in [0, 0.1) is 5.92 Å². The van der Waals surface area contributed by atoms with Gasteiger partial charge in [0.1, 0.15) is 0 Å². The Morgan fingerprint density at radius 3 is 2.77 bits per heavy atom. The van der Waals surface area contributed by atoms with E-state index in [0.29, 0.717) is 0 Å². The molecule has 0 aromatic rings. The van der Waals surface area contributed by atoms with Gasteiger partial charge >= 0.3 is 6.03 Å². The van der Waals surface area contributed by atoms with Crippen LogP contribution in [0.1, 0.15) is 58.3 Å². The molecule has 2 fully saturated rings. The van der Waals surface area contributed by atoms with Gasteiger partial charge in [0, 0.05) is 13.1 Å². The first-order valence-electron chi connectivity index (χ1n) is 9.10. The van der Waals surface area contributed by atoms with E-state index in [9.17, 15) is 9.90 Å². The summed E-state index contributed by atoms with van der Waals surface area (Å²) in [6.45, 7) is 6.66. The van der Waals surface area contributed by atoms with Crippen LogP contribution in [-0.4, -0.2) is 54.4 Å². The van der Waals surface area contributed by atoms with Crippen LogP contribution in [-0.2, 0) is 0 Å². The summed E-state index contributed by atoms with van der Waals surface area (Å²) >= 11 is 0. The number of nitrogens with one attached hydrogen (secondary N) is 2. The van der Waals surface area contributed by atoms with E-state index in [0.717, 1.165) is 57.5 Å². The Bertz CT molecular complexity index is 338. The number of rotatable bonds is 6. The predicted octanol–water partition coefficient (Wildman–Crippen LogP) is 2.10. The lowest BCUT2D eigenvalue weighted by Gasteiger charge is -2.30. The molecule has 22 heavy (non-hydrogen) atoms. The molecule has 0 aromatic heterocycles. The molecule has 2 rings (SSSR count). The van der Waals surface area contributed by atoms with Crippen molar-refractivity contribution in [2.24, 2.45) is 5.92 Å². The normalized spacial score (nSPS) is 30.0. The van der Waals surface area contributed by atoms with Crippen molar-refractivity contribution in [1.82, 2.24) is 15.5 Å². The molecule has 3 atom stereocenters. The number of hydrogen-bond donors (Lipinski definition) is 3. The van der Waals surface area contributed by atoms with Gasteiger partial charge in [0.15, 0.2) is 0 Å². The number of unbranched alkanes of at least 4 members (excludes halogenated alkanes) is 1. The minimum Gasteiger partial charge on any atom is -0.391 e. The monoisotopic (exact) mass is 311 g/mol. The summed E-state index contributed by atoms with van der Waals surface area (Å²) in [5.74, 6) is 0.833. The first kappa shape index (κ1) is 17.5. The maximum absolute atomic E-state index is 11.8. The summed E-state index contributed by atoms with van der Waals surface area (Å²) in [7, 11) is 0. The third-order valence-corrected chi connectivity index (χ3v) is 4.97. The molecule has 0 spiro atoms. The molecule has 1 saturated carbocycles. The zero-order valence-corrected chi connectivity index (χ0v) is 14.0. The van der Waals surface area contributed by atoms with E-state index in [-0.39, 0.29) is 18.2 Å². The largest absolute Gasteiger partial charge is 0.391 e. The Morgan fingerprint density at radius 1 is 1.18 bits per heavy atom. The van der Waals surface area contributed by atoms with Crippen LogP contribution in [0.3, 0.4) is 0 Å². The molecular weight excluding hydrogens is 278 g/mol. The van der Waals surface area contributed by atoms with Crippen molar-refractivity contribution in [2.75, 3.05) is 26.2 Å². The van der Waals surface area contributed by atoms with Crippen molar-refractivity contribution >= 4 is 6.03 Å². The molecule has 0 aromatic carbocycles. The lowest BCUT2D eigenvalue weighted by molar-refractivity contribution is 0.0943. The fourth-order valence-electron chi connectivity index (χ4n) is 3.65. The Kier molecular flexibility index (Phi) is 7.46. The van der Waals surface area contributed by atoms with E-state index in [4.69, 9.17) is 0 Å². The van der Waals surface area contributed by atoms with Gasteiger partial charge in [-0.1, -0.05) is 19.8 Å². The van der Waals surface area contributed by atoms with Crippen LogP contribution in [0.15, 0.2) is 0 Å². The highest BCUT2D eigenvalue weighted by molar-refractivity contribution is 5.74. The number of carbonyl (C=O) groups excluding carboxylic acids is 1. The molecule has 1 aliphatic carbocycles. The van der Waals surface area contributed by atoms with Crippen LogP contribution >= 0.6 is 0 Å². The van der Waals surface area contributed by atoms with Gasteiger partial charge in [-0.05, 0) is 57.5 Å². The second-order valence-corrected chi connectivity index (χ2v) is 7.11. The van der Waals surface area contributed by atoms with E-state index in [1.807, 2.05) is 0 Å². The number of amides is 2. The minimum atomic E-state index is -0.374. The molecule has 1 heterocycles. The fraction of sp³-hybridized carbons (Fsp3) is 0.941. The van der Waals surface area contributed by atoms with Gasteiger partial charge in [0.25, 0.3) is 0 Å². The number of carbonyl (C=O) groups is 1. The average Bonchev–Trinajstić information content (AvgIpc) is 2.49. The summed E-state index contributed by atoms with van der Waals surface area (Å²) in [4.78, 5) is 14.4. The third-order valence-electron chi connectivity index (χ3n) is 4.97. The first-order valence-corrected chi connectivity index (χ1v) is 9.10. The van der Waals surface area contributed by atoms with E-state index in [2.05, 4.69) is 22.5 Å². The number of piperidine rings is 1. The maximum Gasteiger partial charge on any atom is 0.315 e. The summed E-state index contributed by atoms with van der Waals surface area (Å²) in [6.07, 6.45) is 8.33. The second-order valence-electron chi connectivity index (χ2n) is 7.11. The molecule has 2 amide bonds. The van der Waals surface area contributed by atoms with Crippen LogP contribution in [0.25, 0.3) is 0 Å². The summed E-state index contributed by atoms with van der Waals surface area (Å²) < 4.78 is 0. The van der Waals surface area contributed by atoms with Crippen molar-refractivity contribution in [1.29, 1.82) is 0 Å². The van der Waals surface area contributed by atoms with Crippen molar-refractivity contribution < 1.29 is 9.90 Å². The lowest BCUT2D eigenvalue weighted by Crippen LogP contribution is -2.49. The summed E-state index contributed by atoms with van der Waals surface area (Å²) in [6, 6.07) is -0.193. The van der Waals surface area contributed by atoms with Crippen LogP contribution < -0.4 is 10.6 Å². The third kappa shape index (κ3) is 6.13. The zero-order valence-electron chi connectivity index (χ0n) is 14.0. The molecule has 0 radical (unpaired) electrons. The SMILES string of the molecule is CC1CCCN(CCCCNC(=O)NC2CCCCC2O)C1. The van der Waals surface area contributed by atoms with Gasteiger partial charge in [-0.25, -0.2) is 4.79 Å². The highest BCUT2D eigenvalue weighted by atomic mass is 16.3. The molecule has 128 valence electrons. The number of urea groups is 1. The van der Waals surface area contributed by atoms with Gasteiger partial charge in [-0.15, -0.1) is 0 Å². The fourth-order valence-corrected chi connectivity index (χ4v) is 3.65. The molecular formula is C17H33N3O2. The van der Waals surface area contributed by atoms with Gasteiger partial charge in [-0.3, -0.25) is 0 Å². The number of aliphatic hydroxyl groups is 1. The van der Waals surface area contributed by atoms with Crippen molar-refractivity contribution in [3.8, 4) is 0 Å². The quantitative estimate of drug-likeness (QED) is 0.658. The van der Waals surface area contributed by atoms with Crippen molar-refractivity contribution in [3.63, 3.8) is 0 Å². The van der Waals surface area contributed by atoms with Crippen molar-refractivity contribution in [3.05, 3.63) is 0 Å². The minimum absolute atomic E-state index is 0.0661. The van der Waals surface area contributed by atoms with E-state index >= 15 is 0 Å².